The Morgan fingerprint density at radius 3 is 2.67 bits per heavy atom. The minimum Gasteiger partial charge on any atom is -0.371 e. The Morgan fingerprint density at radius 2 is 2.00 bits per heavy atom. The number of hydrogen-bond acceptors (Lipinski definition) is 2. The summed E-state index contributed by atoms with van der Waals surface area (Å²) < 4.78 is 19.7. The predicted octanol–water partition coefficient (Wildman–Crippen LogP) is 3.86. The van der Waals surface area contributed by atoms with Crippen molar-refractivity contribution in [3.05, 3.63) is 69.9 Å². The molecule has 0 saturated carbocycles. The first-order valence-electron chi connectivity index (χ1n) is 7.06. The third-order valence-electron chi connectivity index (χ3n) is 3.73. The molecule has 0 aromatic heterocycles. The standard InChI is InChI=1S/C17H17BrFNO/c18-15-9-13(6-7-16(15)19)17-10-20-14(11-21-17)8-12-4-2-1-3-5-12/h1-7,9,14,17,20H,8,10-11H2. The summed E-state index contributed by atoms with van der Waals surface area (Å²) in [6, 6.07) is 15.8. The van der Waals surface area contributed by atoms with Gasteiger partial charge in [0.25, 0.3) is 0 Å². The first-order valence-corrected chi connectivity index (χ1v) is 7.85. The van der Waals surface area contributed by atoms with Crippen LogP contribution in [0, 0.1) is 5.82 Å². The minimum atomic E-state index is -0.246. The van der Waals surface area contributed by atoms with Gasteiger partial charge < -0.3 is 10.1 Å². The quantitative estimate of drug-likeness (QED) is 0.908. The van der Waals surface area contributed by atoms with Gasteiger partial charge in [0.1, 0.15) is 5.82 Å². The number of morpholine rings is 1. The number of benzene rings is 2. The Labute approximate surface area is 132 Å². The summed E-state index contributed by atoms with van der Waals surface area (Å²) in [5.74, 6) is -0.246. The molecule has 0 amide bonds. The lowest BCUT2D eigenvalue weighted by atomic mass is 10.0. The van der Waals surface area contributed by atoms with Gasteiger partial charge in [-0.1, -0.05) is 36.4 Å². The zero-order valence-electron chi connectivity index (χ0n) is 11.6. The van der Waals surface area contributed by atoms with Crippen LogP contribution in [-0.2, 0) is 11.2 Å². The summed E-state index contributed by atoms with van der Waals surface area (Å²) in [6.45, 7) is 1.41. The highest BCUT2D eigenvalue weighted by Gasteiger charge is 2.22. The molecule has 110 valence electrons. The maximum Gasteiger partial charge on any atom is 0.137 e. The van der Waals surface area contributed by atoms with Crippen LogP contribution < -0.4 is 5.32 Å². The van der Waals surface area contributed by atoms with Crippen molar-refractivity contribution < 1.29 is 9.13 Å². The number of ether oxygens (including phenoxy) is 1. The molecule has 1 heterocycles. The number of nitrogens with one attached hydrogen (secondary N) is 1. The topological polar surface area (TPSA) is 21.3 Å². The molecule has 0 aliphatic carbocycles. The first-order chi connectivity index (χ1) is 10.2. The summed E-state index contributed by atoms with van der Waals surface area (Å²) in [4.78, 5) is 0. The highest BCUT2D eigenvalue weighted by atomic mass is 79.9. The van der Waals surface area contributed by atoms with E-state index in [-0.39, 0.29) is 11.9 Å². The van der Waals surface area contributed by atoms with Crippen molar-refractivity contribution in [1.29, 1.82) is 0 Å². The van der Waals surface area contributed by atoms with Gasteiger partial charge >= 0.3 is 0 Å². The fourth-order valence-corrected chi connectivity index (χ4v) is 2.98. The second-order valence-electron chi connectivity index (χ2n) is 5.29. The summed E-state index contributed by atoms with van der Waals surface area (Å²) in [5, 5.41) is 3.52. The van der Waals surface area contributed by atoms with Crippen LogP contribution in [0.1, 0.15) is 17.2 Å². The monoisotopic (exact) mass is 349 g/mol. The van der Waals surface area contributed by atoms with Crippen molar-refractivity contribution in [3.8, 4) is 0 Å². The Hall–Kier alpha value is -1.23. The van der Waals surface area contributed by atoms with E-state index in [9.17, 15) is 4.39 Å². The number of hydrogen-bond donors (Lipinski definition) is 1. The second-order valence-corrected chi connectivity index (χ2v) is 6.14. The van der Waals surface area contributed by atoms with Crippen LogP contribution in [-0.4, -0.2) is 19.2 Å². The average Bonchev–Trinajstić information content (AvgIpc) is 2.52. The predicted molar refractivity (Wildman–Crippen MR) is 84.7 cm³/mol. The molecular weight excluding hydrogens is 333 g/mol. The lowest BCUT2D eigenvalue weighted by Crippen LogP contribution is -2.44. The van der Waals surface area contributed by atoms with Gasteiger partial charge in [-0.2, -0.15) is 0 Å². The maximum atomic E-state index is 13.3. The zero-order chi connectivity index (χ0) is 14.7. The minimum absolute atomic E-state index is 0.0195. The van der Waals surface area contributed by atoms with Crippen molar-refractivity contribution in [2.75, 3.05) is 13.2 Å². The largest absolute Gasteiger partial charge is 0.371 e. The van der Waals surface area contributed by atoms with Crippen LogP contribution in [0.15, 0.2) is 53.0 Å². The fourth-order valence-electron chi connectivity index (χ4n) is 2.58. The number of halogens is 2. The van der Waals surface area contributed by atoms with Crippen LogP contribution in [0.25, 0.3) is 0 Å². The first kappa shape index (κ1) is 14.7. The van der Waals surface area contributed by atoms with E-state index < -0.39 is 0 Å². The van der Waals surface area contributed by atoms with Gasteiger partial charge in [-0.25, -0.2) is 4.39 Å². The van der Waals surface area contributed by atoms with E-state index in [0.29, 0.717) is 17.1 Å². The van der Waals surface area contributed by atoms with E-state index in [0.717, 1.165) is 18.5 Å². The SMILES string of the molecule is Fc1ccc(C2CNC(Cc3ccccc3)CO2)cc1Br. The van der Waals surface area contributed by atoms with Crippen molar-refractivity contribution in [2.24, 2.45) is 0 Å². The zero-order valence-corrected chi connectivity index (χ0v) is 13.1. The van der Waals surface area contributed by atoms with E-state index in [1.807, 2.05) is 6.07 Å². The van der Waals surface area contributed by atoms with Gasteiger partial charge in [0.2, 0.25) is 0 Å². The fraction of sp³-hybridized carbons (Fsp3) is 0.294. The van der Waals surface area contributed by atoms with Crippen LogP contribution in [0.5, 0.6) is 0 Å². The van der Waals surface area contributed by atoms with Crippen LogP contribution in [0.3, 0.4) is 0 Å². The Morgan fingerprint density at radius 1 is 1.19 bits per heavy atom. The van der Waals surface area contributed by atoms with Crippen LogP contribution in [0.4, 0.5) is 4.39 Å². The van der Waals surface area contributed by atoms with E-state index >= 15 is 0 Å². The lowest BCUT2D eigenvalue weighted by Gasteiger charge is -2.31. The third-order valence-corrected chi connectivity index (χ3v) is 4.34. The van der Waals surface area contributed by atoms with Gasteiger partial charge in [-0.15, -0.1) is 0 Å². The molecule has 3 rings (SSSR count). The van der Waals surface area contributed by atoms with Crippen LogP contribution in [0.2, 0.25) is 0 Å². The van der Waals surface area contributed by atoms with Crippen molar-refractivity contribution >= 4 is 15.9 Å². The number of rotatable bonds is 3. The molecule has 0 radical (unpaired) electrons. The Bertz CT molecular complexity index is 597. The highest BCUT2D eigenvalue weighted by Crippen LogP contribution is 2.25. The molecule has 1 aliphatic heterocycles. The van der Waals surface area contributed by atoms with Gasteiger partial charge in [-0.05, 0) is 45.6 Å². The molecule has 4 heteroatoms. The van der Waals surface area contributed by atoms with E-state index in [2.05, 4.69) is 45.5 Å². The van der Waals surface area contributed by atoms with E-state index in [1.165, 1.54) is 11.6 Å². The molecule has 1 fully saturated rings. The van der Waals surface area contributed by atoms with Gasteiger partial charge in [-0.3, -0.25) is 0 Å². The maximum absolute atomic E-state index is 13.3. The highest BCUT2D eigenvalue weighted by molar-refractivity contribution is 9.10. The van der Waals surface area contributed by atoms with E-state index in [1.54, 1.807) is 12.1 Å². The van der Waals surface area contributed by atoms with Crippen molar-refractivity contribution in [1.82, 2.24) is 5.32 Å². The molecule has 21 heavy (non-hydrogen) atoms. The molecule has 1 N–H and O–H groups in total. The molecular formula is C17H17BrFNO. The summed E-state index contributed by atoms with van der Waals surface area (Å²) in [5.41, 5.74) is 2.30. The van der Waals surface area contributed by atoms with Gasteiger partial charge in [0, 0.05) is 12.6 Å². The normalized spacial score (nSPS) is 22.2. The summed E-state index contributed by atoms with van der Waals surface area (Å²) >= 11 is 3.22. The summed E-state index contributed by atoms with van der Waals surface area (Å²) in [6.07, 6.45) is 0.939. The molecule has 2 nitrogen and oxygen atoms in total. The third kappa shape index (κ3) is 3.70. The smallest absolute Gasteiger partial charge is 0.137 e. The molecule has 2 aromatic rings. The molecule has 2 aromatic carbocycles. The van der Waals surface area contributed by atoms with E-state index in [4.69, 9.17) is 4.74 Å². The summed E-state index contributed by atoms with van der Waals surface area (Å²) in [7, 11) is 0. The van der Waals surface area contributed by atoms with Crippen molar-refractivity contribution in [2.45, 2.75) is 18.6 Å². The molecule has 0 spiro atoms. The molecule has 1 saturated heterocycles. The molecule has 2 unspecified atom stereocenters. The van der Waals surface area contributed by atoms with Crippen molar-refractivity contribution in [3.63, 3.8) is 0 Å². The lowest BCUT2D eigenvalue weighted by molar-refractivity contribution is 0.00301. The Kier molecular flexibility index (Phi) is 4.68. The Balaban J connectivity index is 1.58. The molecule has 0 bridgehead atoms. The molecule has 1 aliphatic rings. The van der Waals surface area contributed by atoms with Gasteiger partial charge in [0.15, 0.2) is 0 Å². The molecule has 2 atom stereocenters. The average molecular weight is 350 g/mol. The van der Waals surface area contributed by atoms with Crippen LogP contribution >= 0.6 is 15.9 Å². The van der Waals surface area contributed by atoms with Gasteiger partial charge in [0.05, 0.1) is 17.2 Å². The second kappa shape index (κ2) is 6.69.